The first kappa shape index (κ1) is 12.2. The zero-order chi connectivity index (χ0) is 10.4. The van der Waals surface area contributed by atoms with Gasteiger partial charge in [-0.15, -0.1) is 0 Å². The van der Waals surface area contributed by atoms with Crippen LogP contribution in [-0.4, -0.2) is 34.6 Å². The molecule has 3 nitrogen and oxygen atoms in total. The summed E-state index contributed by atoms with van der Waals surface area (Å²) in [5.41, 5.74) is 0. The van der Waals surface area contributed by atoms with Gasteiger partial charge >= 0.3 is 0 Å². The van der Waals surface area contributed by atoms with E-state index < -0.39 is 6.10 Å². The molecule has 76 valence electrons. The first-order chi connectivity index (χ1) is 6.02. The molecule has 0 aromatic heterocycles. The molecule has 0 rings (SSSR count). The first-order valence-electron chi connectivity index (χ1n) is 4.64. The Morgan fingerprint density at radius 2 is 2.15 bits per heavy atom. The maximum atomic E-state index is 11.3. The van der Waals surface area contributed by atoms with Crippen LogP contribution < -0.4 is 0 Å². The first-order valence-corrected chi connectivity index (χ1v) is 4.64. The van der Waals surface area contributed by atoms with Crippen LogP contribution >= 0.6 is 0 Å². The summed E-state index contributed by atoms with van der Waals surface area (Å²) in [4.78, 5) is 13.0. The second kappa shape index (κ2) is 5.75. The predicted octanol–water partition coefficient (Wildman–Crippen LogP) is 1.18. The molecule has 0 saturated carbocycles. The van der Waals surface area contributed by atoms with Crippen LogP contribution in [0.4, 0.5) is 0 Å². The Kier molecular flexibility index (Phi) is 5.39. The number of aliphatic hydroxyl groups excluding tert-OH is 1. The third-order valence-corrected chi connectivity index (χ3v) is 2.04. The largest absolute Gasteiger partial charge is 0.392 e. The molecule has 0 aromatic rings. The van der Waals surface area contributed by atoms with Gasteiger partial charge in [0, 0.05) is 12.6 Å². The van der Waals surface area contributed by atoms with Crippen molar-refractivity contribution >= 4 is 5.91 Å². The molecular formula is C10H19NO2. The van der Waals surface area contributed by atoms with Crippen LogP contribution in [0.5, 0.6) is 0 Å². The Balaban J connectivity index is 4.35. The van der Waals surface area contributed by atoms with E-state index >= 15 is 0 Å². The Hall–Kier alpha value is -0.830. The number of amides is 1. The molecule has 0 heterocycles. The monoisotopic (exact) mass is 185 g/mol. The summed E-state index contributed by atoms with van der Waals surface area (Å²) in [6.07, 6.45) is 1.68. The van der Waals surface area contributed by atoms with Crippen molar-refractivity contribution in [2.24, 2.45) is 0 Å². The van der Waals surface area contributed by atoms with E-state index in [9.17, 15) is 9.90 Å². The number of nitrogens with zero attached hydrogens (tertiary/aromatic N) is 1. The maximum absolute atomic E-state index is 11.3. The summed E-state index contributed by atoms with van der Waals surface area (Å²) < 4.78 is 0. The number of carbonyl (C=O) groups is 1. The van der Waals surface area contributed by atoms with Gasteiger partial charge in [0.15, 0.2) is 0 Å². The Labute approximate surface area is 80.0 Å². The van der Waals surface area contributed by atoms with E-state index in [-0.39, 0.29) is 11.9 Å². The van der Waals surface area contributed by atoms with Crippen LogP contribution in [0.25, 0.3) is 0 Å². The molecule has 0 bridgehead atoms. The van der Waals surface area contributed by atoms with Gasteiger partial charge in [0.05, 0.1) is 6.10 Å². The standard InChI is InChI=1S/C10H19NO2/c1-5-8(3)11(7-9(4)12)10(13)6-2/h6,8-9,12H,2,5,7H2,1,3-4H3. The molecular weight excluding hydrogens is 166 g/mol. The zero-order valence-electron chi connectivity index (χ0n) is 8.66. The average Bonchev–Trinajstić information content (AvgIpc) is 2.11. The molecule has 0 aliphatic rings. The van der Waals surface area contributed by atoms with Gasteiger partial charge in [-0.3, -0.25) is 4.79 Å². The maximum Gasteiger partial charge on any atom is 0.246 e. The summed E-state index contributed by atoms with van der Waals surface area (Å²) in [6, 6.07) is 0.153. The molecule has 0 aliphatic carbocycles. The minimum absolute atomic E-state index is 0.116. The van der Waals surface area contributed by atoms with Crippen molar-refractivity contribution in [2.75, 3.05) is 6.54 Å². The van der Waals surface area contributed by atoms with Crippen molar-refractivity contribution in [3.05, 3.63) is 12.7 Å². The topological polar surface area (TPSA) is 40.5 Å². The molecule has 13 heavy (non-hydrogen) atoms. The predicted molar refractivity (Wildman–Crippen MR) is 53.3 cm³/mol. The average molecular weight is 185 g/mol. The molecule has 2 atom stereocenters. The number of hydrogen-bond acceptors (Lipinski definition) is 2. The smallest absolute Gasteiger partial charge is 0.246 e. The second-order valence-electron chi connectivity index (χ2n) is 3.30. The van der Waals surface area contributed by atoms with Gasteiger partial charge in [0.1, 0.15) is 0 Å². The highest BCUT2D eigenvalue weighted by molar-refractivity contribution is 5.87. The SMILES string of the molecule is C=CC(=O)N(CC(C)O)C(C)CC. The van der Waals surface area contributed by atoms with Crippen LogP contribution in [0, 0.1) is 0 Å². The summed E-state index contributed by atoms with van der Waals surface area (Å²) in [7, 11) is 0. The summed E-state index contributed by atoms with van der Waals surface area (Å²) in [5.74, 6) is -0.116. The minimum Gasteiger partial charge on any atom is -0.392 e. The van der Waals surface area contributed by atoms with Gasteiger partial charge < -0.3 is 10.0 Å². The van der Waals surface area contributed by atoms with Gasteiger partial charge in [-0.05, 0) is 26.3 Å². The van der Waals surface area contributed by atoms with E-state index in [0.717, 1.165) is 6.42 Å². The van der Waals surface area contributed by atoms with Crippen molar-refractivity contribution in [2.45, 2.75) is 39.3 Å². The van der Waals surface area contributed by atoms with Gasteiger partial charge in [-0.1, -0.05) is 13.5 Å². The zero-order valence-corrected chi connectivity index (χ0v) is 8.66. The molecule has 0 fully saturated rings. The fourth-order valence-electron chi connectivity index (χ4n) is 1.11. The van der Waals surface area contributed by atoms with Crippen molar-refractivity contribution in [3.63, 3.8) is 0 Å². The molecule has 0 aliphatic heterocycles. The third kappa shape index (κ3) is 4.08. The molecule has 3 heteroatoms. The molecule has 0 radical (unpaired) electrons. The van der Waals surface area contributed by atoms with Crippen LogP contribution in [0.2, 0.25) is 0 Å². The van der Waals surface area contributed by atoms with Crippen molar-refractivity contribution in [1.29, 1.82) is 0 Å². The Morgan fingerprint density at radius 3 is 2.46 bits per heavy atom. The lowest BCUT2D eigenvalue weighted by molar-refractivity contribution is -0.129. The van der Waals surface area contributed by atoms with Crippen LogP contribution in [0.15, 0.2) is 12.7 Å². The van der Waals surface area contributed by atoms with E-state index in [2.05, 4.69) is 6.58 Å². The molecule has 1 N–H and O–H groups in total. The lowest BCUT2D eigenvalue weighted by Crippen LogP contribution is -2.41. The Bertz CT molecular complexity index is 178. The third-order valence-electron chi connectivity index (χ3n) is 2.04. The van der Waals surface area contributed by atoms with Crippen molar-refractivity contribution < 1.29 is 9.90 Å². The number of hydrogen-bond donors (Lipinski definition) is 1. The van der Waals surface area contributed by atoms with E-state index in [1.54, 1.807) is 11.8 Å². The molecule has 0 spiro atoms. The fraction of sp³-hybridized carbons (Fsp3) is 0.700. The lowest BCUT2D eigenvalue weighted by atomic mass is 10.2. The van der Waals surface area contributed by atoms with Crippen molar-refractivity contribution in [1.82, 2.24) is 4.90 Å². The highest BCUT2D eigenvalue weighted by Gasteiger charge is 2.17. The quantitative estimate of drug-likeness (QED) is 0.653. The molecule has 0 aromatic carbocycles. The van der Waals surface area contributed by atoms with Gasteiger partial charge in [-0.2, -0.15) is 0 Å². The van der Waals surface area contributed by atoms with Crippen LogP contribution in [0.1, 0.15) is 27.2 Å². The van der Waals surface area contributed by atoms with Crippen LogP contribution in [0.3, 0.4) is 0 Å². The number of aliphatic hydroxyl groups is 1. The van der Waals surface area contributed by atoms with Gasteiger partial charge in [-0.25, -0.2) is 0 Å². The van der Waals surface area contributed by atoms with Gasteiger partial charge in [0.25, 0.3) is 0 Å². The highest BCUT2D eigenvalue weighted by Crippen LogP contribution is 2.05. The van der Waals surface area contributed by atoms with E-state index in [4.69, 9.17) is 0 Å². The van der Waals surface area contributed by atoms with E-state index in [1.807, 2.05) is 13.8 Å². The summed E-state index contributed by atoms with van der Waals surface area (Å²) >= 11 is 0. The summed E-state index contributed by atoms with van der Waals surface area (Å²) in [5, 5.41) is 9.18. The minimum atomic E-state index is -0.488. The van der Waals surface area contributed by atoms with E-state index in [0.29, 0.717) is 6.54 Å². The lowest BCUT2D eigenvalue weighted by Gasteiger charge is -2.28. The van der Waals surface area contributed by atoms with Gasteiger partial charge in [0.2, 0.25) is 5.91 Å². The van der Waals surface area contributed by atoms with Crippen LogP contribution in [-0.2, 0) is 4.79 Å². The highest BCUT2D eigenvalue weighted by atomic mass is 16.3. The van der Waals surface area contributed by atoms with E-state index in [1.165, 1.54) is 6.08 Å². The number of carbonyl (C=O) groups excluding carboxylic acids is 1. The number of rotatable bonds is 5. The molecule has 0 saturated heterocycles. The summed E-state index contributed by atoms with van der Waals surface area (Å²) in [6.45, 7) is 9.45. The normalized spacial score (nSPS) is 14.8. The fourth-order valence-corrected chi connectivity index (χ4v) is 1.11. The Morgan fingerprint density at radius 1 is 1.62 bits per heavy atom. The second-order valence-corrected chi connectivity index (χ2v) is 3.30. The van der Waals surface area contributed by atoms with Crippen molar-refractivity contribution in [3.8, 4) is 0 Å². The molecule has 2 unspecified atom stereocenters. The molecule has 1 amide bonds.